The highest BCUT2D eigenvalue weighted by Gasteiger charge is 2.36. The number of piperidine rings is 1. The molecule has 1 aromatic rings. The minimum absolute atomic E-state index is 0.0969. The zero-order valence-electron chi connectivity index (χ0n) is 13.4. The van der Waals surface area contributed by atoms with E-state index in [2.05, 4.69) is 20.2 Å². The highest BCUT2D eigenvalue weighted by molar-refractivity contribution is 5.88. The Morgan fingerprint density at radius 2 is 1.83 bits per heavy atom. The minimum atomic E-state index is 0.0969. The van der Waals surface area contributed by atoms with Gasteiger partial charge in [-0.2, -0.15) is 0 Å². The van der Waals surface area contributed by atoms with Gasteiger partial charge in [0.25, 0.3) is 0 Å². The molecule has 2 heterocycles. The van der Waals surface area contributed by atoms with Crippen LogP contribution >= 0.6 is 0 Å². The standard InChI is InChI=1S/C18H24N4O/c23-17(11-16(13-4-5-13)14-6-7-14)21-15-3-1-10-22(12-15)18-19-8-2-9-20-18/h2,8-9,11,13-15H,1,3-7,10,12H2,(H,21,23). The van der Waals surface area contributed by atoms with Crippen LogP contribution in [-0.2, 0) is 4.79 Å². The topological polar surface area (TPSA) is 58.1 Å². The van der Waals surface area contributed by atoms with E-state index in [1.165, 1.54) is 31.3 Å². The van der Waals surface area contributed by atoms with E-state index in [9.17, 15) is 4.79 Å². The fraction of sp³-hybridized carbons (Fsp3) is 0.611. The van der Waals surface area contributed by atoms with Crippen molar-refractivity contribution in [1.82, 2.24) is 15.3 Å². The molecule has 1 unspecified atom stereocenters. The Bertz CT molecular complexity index is 578. The Morgan fingerprint density at radius 1 is 1.13 bits per heavy atom. The average molecular weight is 312 g/mol. The molecular formula is C18H24N4O. The zero-order chi connectivity index (χ0) is 15.6. The number of rotatable bonds is 5. The number of hydrogen-bond donors (Lipinski definition) is 1. The number of nitrogens with one attached hydrogen (secondary N) is 1. The predicted molar refractivity (Wildman–Crippen MR) is 88.9 cm³/mol. The lowest BCUT2D eigenvalue weighted by Gasteiger charge is -2.32. The van der Waals surface area contributed by atoms with Gasteiger partial charge in [-0.1, -0.05) is 5.57 Å². The van der Waals surface area contributed by atoms with Crippen molar-refractivity contribution >= 4 is 11.9 Å². The summed E-state index contributed by atoms with van der Waals surface area (Å²) in [5.41, 5.74) is 1.42. The van der Waals surface area contributed by atoms with E-state index in [-0.39, 0.29) is 11.9 Å². The van der Waals surface area contributed by atoms with Crippen LogP contribution in [0.5, 0.6) is 0 Å². The second-order valence-electron chi connectivity index (χ2n) is 7.04. The van der Waals surface area contributed by atoms with Gasteiger partial charge in [-0.15, -0.1) is 0 Å². The molecule has 5 heteroatoms. The van der Waals surface area contributed by atoms with Crippen LogP contribution in [0.15, 0.2) is 30.1 Å². The van der Waals surface area contributed by atoms with Gasteiger partial charge in [0.1, 0.15) is 0 Å². The molecular weight excluding hydrogens is 288 g/mol. The van der Waals surface area contributed by atoms with E-state index in [0.29, 0.717) is 11.8 Å². The third-order valence-corrected chi connectivity index (χ3v) is 5.00. The summed E-state index contributed by atoms with van der Waals surface area (Å²) in [6.45, 7) is 1.76. The van der Waals surface area contributed by atoms with Crippen LogP contribution in [0.4, 0.5) is 5.95 Å². The van der Waals surface area contributed by atoms with Crippen molar-refractivity contribution in [2.24, 2.45) is 11.8 Å². The molecule has 3 aliphatic rings. The van der Waals surface area contributed by atoms with Crippen molar-refractivity contribution in [1.29, 1.82) is 0 Å². The van der Waals surface area contributed by atoms with Crippen molar-refractivity contribution < 1.29 is 4.79 Å². The molecule has 0 aromatic carbocycles. The van der Waals surface area contributed by atoms with Gasteiger partial charge in [0.05, 0.1) is 0 Å². The van der Waals surface area contributed by atoms with E-state index in [1.54, 1.807) is 12.4 Å². The zero-order valence-corrected chi connectivity index (χ0v) is 13.4. The summed E-state index contributed by atoms with van der Waals surface area (Å²) >= 11 is 0. The smallest absolute Gasteiger partial charge is 0.244 e. The summed E-state index contributed by atoms with van der Waals surface area (Å²) in [7, 11) is 0. The second kappa shape index (κ2) is 6.30. The molecule has 23 heavy (non-hydrogen) atoms. The summed E-state index contributed by atoms with van der Waals surface area (Å²) in [4.78, 5) is 23.2. The van der Waals surface area contributed by atoms with Crippen molar-refractivity contribution in [2.45, 2.75) is 44.6 Å². The average Bonchev–Trinajstić information content (AvgIpc) is 3.48. The summed E-state index contributed by atoms with van der Waals surface area (Å²) in [5, 5.41) is 3.20. The van der Waals surface area contributed by atoms with Crippen LogP contribution in [0, 0.1) is 11.8 Å². The SMILES string of the molecule is O=C(C=C(C1CC1)C1CC1)NC1CCCN(c2ncccn2)C1. The van der Waals surface area contributed by atoms with Gasteiger partial charge in [0.15, 0.2) is 0 Å². The molecule has 5 nitrogen and oxygen atoms in total. The Hall–Kier alpha value is -1.91. The third kappa shape index (κ3) is 3.71. The molecule has 0 spiro atoms. The lowest BCUT2D eigenvalue weighted by molar-refractivity contribution is -0.117. The van der Waals surface area contributed by atoms with Crippen LogP contribution in [-0.4, -0.2) is 35.0 Å². The van der Waals surface area contributed by atoms with E-state index >= 15 is 0 Å². The highest BCUT2D eigenvalue weighted by atomic mass is 16.1. The summed E-state index contributed by atoms with van der Waals surface area (Å²) < 4.78 is 0. The molecule has 1 aromatic heterocycles. The maximum absolute atomic E-state index is 12.4. The van der Waals surface area contributed by atoms with Crippen molar-refractivity contribution in [2.75, 3.05) is 18.0 Å². The van der Waals surface area contributed by atoms with Gasteiger partial charge in [0.2, 0.25) is 11.9 Å². The number of aromatic nitrogens is 2. The number of allylic oxidation sites excluding steroid dienone is 1. The van der Waals surface area contributed by atoms with E-state index in [1.807, 2.05) is 12.1 Å². The van der Waals surface area contributed by atoms with Gasteiger partial charge >= 0.3 is 0 Å². The first-order chi connectivity index (χ1) is 11.3. The molecule has 0 radical (unpaired) electrons. The number of anilines is 1. The Kier molecular flexibility index (Phi) is 4.02. The van der Waals surface area contributed by atoms with Gasteiger partial charge < -0.3 is 10.2 Å². The van der Waals surface area contributed by atoms with Crippen LogP contribution in [0.3, 0.4) is 0 Å². The fourth-order valence-electron chi connectivity index (χ4n) is 3.53. The first kappa shape index (κ1) is 14.7. The summed E-state index contributed by atoms with van der Waals surface area (Å²) in [6.07, 6.45) is 12.6. The van der Waals surface area contributed by atoms with E-state index in [4.69, 9.17) is 0 Å². The lowest BCUT2D eigenvalue weighted by atomic mass is 10.0. The normalized spacial score (nSPS) is 24.2. The van der Waals surface area contributed by atoms with Crippen molar-refractivity contribution in [3.63, 3.8) is 0 Å². The Labute approximate surface area is 137 Å². The molecule has 2 saturated carbocycles. The van der Waals surface area contributed by atoms with Crippen LogP contribution in [0.25, 0.3) is 0 Å². The largest absolute Gasteiger partial charge is 0.348 e. The number of amides is 1. The first-order valence-corrected chi connectivity index (χ1v) is 8.83. The maximum Gasteiger partial charge on any atom is 0.244 e. The van der Waals surface area contributed by atoms with E-state index < -0.39 is 0 Å². The summed E-state index contributed by atoms with van der Waals surface area (Å²) in [6, 6.07) is 2.02. The van der Waals surface area contributed by atoms with Gasteiger partial charge in [0, 0.05) is 37.6 Å². The number of nitrogens with zero attached hydrogens (tertiary/aromatic N) is 3. The first-order valence-electron chi connectivity index (χ1n) is 8.83. The minimum Gasteiger partial charge on any atom is -0.348 e. The molecule has 1 amide bonds. The second-order valence-corrected chi connectivity index (χ2v) is 7.04. The monoisotopic (exact) mass is 312 g/mol. The Morgan fingerprint density at radius 3 is 2.48 bits per heavy atom. The quantitative estimate of drug-likeness (QED) is 0.848. The molecule has 4 rings (SSSR count). The predicted octanol–water partition coefficient (Wildman–Crippen LogP) is 2.31. The fourth-order valence-corrected chi connectivity index (χ4v) is 3.53. The highest BCUT2D eigenvalue weighted by Crippen LogP contribution is 2.48. The number of carbonyl (C=O) groups is 1. The Balaban J connectivity index is 1.36. The van der Waals surface area contributed by atoms with Crippen molar-refractivity contribution in [3.8, 4) is 0 Å². The van der Waals surface area contributed by atoms with Crippen LogP contribution < -0.4 is 10.2 Å². The molecule has 1 atom stereocenters. The van der Waals surface area contributed by atoms with Crippen LogP contribution in [0.2, 0.25) is 0 Å². The van der Waals surface area contributed by atoms with Gasteiger partial charge in [-0.3, -0.25) is 4.79 Å². The number of hydrogen-bond acceptors (Lipinski definition) is 4. The van der Waals surface area contributed by atoms with Gasteiger partial charge in [-0.05, 0) is 56.4 Å². The molecule has 1 N–H and O–H groups in total. The summed E-state index contributed by atoms with van der Waals surface area (Å²) in [5.74, 6) is 2.26. The lowest BCUT2D eigenvalue weighted by Crippen LogP contribution is -2.48. The molecule has 122 valence electrons. The van der Waals surface area contributed by atoms with Gasteiger partial charge in [-0.25, -0.2) is 9.97 Å². The van der Waals surface area contributed by atoms with E-state index in [0.717, 1.165) is 31.9 Å². The van der Waals surface area contributed by atoms with Crippen LogP contribution in [0.1, 0.15) is 38.5 Å². The molecule has 2 aliphatic carbocycles. The van der Waals surface area contributed by atoms with Crippen molar-refractivity contribution in [3.05, 3.63) is 30.1 Å². The maximum atomic E-state index is 12.4. The molecule has 1 aliphatic heterocycles. The third-order valence-electron chi connectivity index (χ3n) is 5.00. The molecule has 0 bridgehead atoms. The molecule has 1 saturated heterocycles. The molecule has 3 fully saturated rings. The number of carbonyl (C=O) groups excluding carboxylic acids is 1.